The van der Waals surface area contributed by atoms with Crippen molar-refractivity contribution >= 4 is 0 Å². The number of alkyl halides is 3. The van der Waals surface area contributed by atoms with Gasteiger partial charge in [-0.25, -0.2) is 9.37 Å². The molecule has 0 aliphatic rings. The van der Waals surface area contributed by atoms with Crippen LogP contribution in [0, 0.1) is 5.82 Å². The minimum Gasteiger partial charge on any atom is -0.419 e. The van der Waals surface area contributed by atoms with Gasteiger partial charge in [-0.05, 0) is 24.3 Å². The van der Waals surface area contributed by atoms with E-state index in [0.29, 0.717) is 11.4 Å². The zero-order chi connectivity index (χ0) is 17.2. The van der Waals surface area contributed by atoms with Crippen molar-refractivity contribution in [2.75, 3.05) is 0 Å². The van der Waals surface area contributed by atoms with Crippen LogP contribution in [0.3, 0.4) is 0 Å². The van der Waals surface area contributed by atoms with Crippen LogP contribution >= 0.6 is 0 Å². The summed E-state index contributed by atoms with van der Waals surface area (Å²) in [5.74, 6) is -0.0363. The zero-order valence-electron chi connectivity index (χ0n) is 12.0. The van der Waals surface area contributed by atoms with Crippen molar-refractivity contribution in [2.45, 2.75) is 12.6 Å². The van der Waals surface area contributed by atoms with E-state index in [1.807, 2.05) is 0 Å². The number of nitrogens with zero attached hydrogens (tertiary/aromatic N) is 3. The summed E-state index contributed by atoms with van der Waals surface area (Å²) in [6, 6.07) is 8.12. The Morgan fingerprint density at radius 3 is 2.50 bits per heavy atom. The van der Waals surface area contributed by atoms with E-state index in [1.54, 1.807) is 0 Å². The maximum absolute atomic E-state index is 12.9. The molecular weight excluding hydrogens is 328 g/mol. The zero-order valence-corrected chi connectivity index (χ0v) is 12.0. The summed E-state index contributed by atoms with van der Waals surface area (Å²) in [4.78, 5) is 8.16. The van der Waals surface area contributed by atoms with E-state index in [1.165, 1.54) is 36.5 Å². The van der Waals surface area contributed by atoms with Crippen LogP contribution in [0.2, 0.25) is 0 Å². The van der Waals surface area contributed by atoms with Gasteiger partial charge in [0.05, 0.1) is 6.42 Å². The van der Waals surface area contributed by atoms with Gasteiger partial charge in [-0.1, -0.05) is 0 Å². The fourth-order valence-electron chi connectivity index (χ4n) is 1.94. The Bertz CT molecular complexity index is 830. The Kier molecular flexibility index (Phi) is 4.15. The van der Waals surface area contributed by atoms with Crippen molar-refractivity contribution in [3.8, 4) is 23.1 Å². The topological polar surface area (TPSA) is 63.7 Å². The number of nitrogens with one attached hydrogen (secondary N) is 1. The summed E-state index contributed by atoms with van der Waals surface area (Å²) in [7, 11) is 0. The second-order valence-corrected chi connectivity index (χ2v) is 4.85. The largest absolute Gasteiger partial charge is 0.419 e. The van der Waals surface area contributed by atoms with E-state index < -0.39 is 12.6 Å². The lowest BCUT2D eigenvalue weighted by molar-refractivity contribution is -0.127. The summed E-state index contributed by atoms with van der Waals surface area (Å²) in [6.07, 6.45) is -4.05. The molecule has 0 bridgehead atoms. The third-order valence-corrected chi connectivity index (χ3v) is 2.94. The monoisotopic (exact) mass is 338 g/mol. The first-order chi connectivity index (χ1) is 11.4. The molecule has 0 saturated carbocycles. The average molecular weight is 338 g/mol. The highest BCUT2D eigenvalue weighted by molar-refractivity contribution is 5.54. The lowest BCUT2D eigenvalue weighted by Crippen LogP contribution is -2.11. The standard InChI is InChI=1S/C15H10F4N4O/c16-10-3-1-9(2-4-10)14-20-6-5-12(21-14)24-13-7-11(22-23-13)8-15(17,18)19/h1-7H,8H2,(H,22,23). The van der Waals surface area contributed by atoms with E-state index in [2.05, 4.69) is 20.2 Å². The van der Waals surface area contributed by atoms with Crippen molar-refractivity contribution in [1.82, 2.24) is 20.2 Å². The molecule has 5 nitrogen and oxygen atoms in total. The molecule has 2 heterocycles. The highest BCUT2D eigenvalue weighted by atomic mass is 19.4. The number of benzene rings is 1. The van der Waals surface area contributed by atoms with Crippen LogP contribution in [0.25, 0.3) is 11.4 Å². The van der Waals surface area contributed by atoms with E-state index in [4.69, 9.17) is 4.74 Å². The Labute approximate surface area is 133 Å². The number of halogens is 4. The smallest absolute Gasteiger partial charge is 0.394 e. The number of rotatable bonds is 4. The summed E-state index contributed by atoms with van der Waals surface area (Å²) < 4.78 is 55.2. The second-order valence-electron chi connectivity index (χ2n) is 4.85. The van der Waals surface area contributed by atoms with Crippen LogP contribution in [0.15, 0.2) is 42.6 Å². The van der Waals surface area contributed by atoms with Crippen LogP contribution in [0.5, 0.6) is 11.8 Å². The SMILES string of the molecule is Fc1ccc(-c2nccc(Oc3cc(CC(F)(F)F)[nH]n3)n2)cc1. The number of hydrogen-bond donors (Lipinski definition) is 1. The van der Waals surface area contributed by atoms with E-state index in [-0.39, 0.29) is 23.3 Å². The van der Waals surface area contributed by atoms with Gasteiger partial charge in [0.25, 0.3) is 0 Å². The first kappa shape index (κ1) is 15.9. The molecule has 2 aromatic heterocycles. The molecule has 0 amide bonds. The minimum absolute atomic E-state index is 0.0435. The van der Waals surface area contributed by atoms with Gasteiger partial charge >= 0.3 is 6.18 Å². The lowest BCUT2D eigenvalue weighted by atomic mass is 10.2. The normalized spacial score (nSPS) is 11.5. The Morgan fingerprint density at radius 2 is 1.79 bits per heavy atom. The van der Waals surface area contributed by atoms with Crippen molar-refractivity contribution in [1.29, 1.82) is 0 Å². The third-order valence-electron chi connectivity index (χ3n) is 2.94. The number of aromatic nitrogens is 4. The summed E-state index contributed by atoms with van der Waals surface area (Å²) in [5, 5.41) is 5.91. The molecule has 1 N–H and O–H groups in total. The molecule has 0 aliphatic heterocycles. The van der Waals surface area contributed by atoms with Gasteiger partial charge in [0.15, 0.2) is 5.82 Å². The quantitative estimate of drug-likeness (QED) is 0.733. The van der Waals surface area contributed by atoms with Crippen molar-refractivity contribution < 1.29 is 22.3 Å². The van der Waals surface area contributed by atoms with Gasteiger partial charge in [0, 0.05) is 29.6 Å². The molecule has 0 fully saturated rings. The summed E-state index contributed by atoms with van der Waals surface area (Å²) in [5.41, 5.74) is 0.451. The van der Waals surface area contributed by atoms with Crippen LogP contribution in [-0.2, 0) is 6.42 Å². The van der Waals surface area contributed by atoms with Crippen LogP contribution in [0.4, 0.5) is 17.6 Å². The second kappa shape index (κ2) is 6.26. The van der Waals surface area contributed by atoms with Gasteiger partial charge in [0.1, 0.15) is 5.82 Å². The minimum atomic E-state index is -4.34. The van der Waals surface area contributed by atoms with Gasteiger partial charge in [0.2, 0.25) is 11.8 Å². The van der Waals surface area contributed by atoms with Crippen molar-refractivity contribution in [2.24, 2.45) is 0 Å². The predicted molar refractivity (Wildman–Crippen MR) is 75.8 cm³/mol. The maximum Gasteiger partial charge on any atom is 0.394 e. The highest BCUT2D eigenvalue weighted by Gasteiger charge is 2.28. The van der Waals surface area contributed by atoms with Gasteiger partial charge in [-0.15, -0.1) is 5.10 Å². The fourth-order valence-corrected chi connectivity index (χ4v) is 1.94. The van der Waals surface area contributed by atoms with Gasteiger partial charge < -0.3 is 4.74 Å². The van der Waals surface area contributed by atoms with Crippen molar-refractivity contribution in [3.05, 3.63) is 54.1 Å². The Hall–Kier alpha value is -2.97. The van der Waals surface area contributed by atoms with E-state index in [0.717, 1.165) is 6.07 Å². The van der Waals surface area contributed by atoms with Crippen LogP contribution in [-0.4, -0.2) is 26.3 Å². The van der Waals surface area contributed by atoms with Crippen LogP contribution in [0.1, 0.15) is 5.69 Å². The molecule has 1 aromatic carbocycles. The highest BCUT2D eigenvalue weighted by Crippen LogP contribution is 2.24. The summed E-state index contributed by atoms with van der Waals surface area (Å²) in [6.45, 7) is 0. The molecule has 124 valence electrons. The first-order valence-electron chi connectivity index (χ1n) is 6.77. The fraction of sp³-hybridized carbons (Fsp3) is 0.133. The molecule has 0 spiro atoms. The van der Waals surface area contributed by atoms with Crippen LogP contribution < -0.4 is 4.74 Å². The molecular formula is C15H10F4N4O. The predicted octanol–water partition coefficient (Wildman–Crippen LogP) is 3.90. The number of hydrogen-bond acceptors (Lipinski definition) is 4. The number of aromatic amines is 1. The molecule has 24 heavy (non-hydrogen) atoms. The molecule has 3 rings (SSSR count). The van der Waals surface area contributed by atoms with E-state index in [9.17, 15) is 17.6 Å². The summed E-state index contributed by atoms with van der Waals surface area (Å²) >= 11 is 0. The van der Waals surface area contributed by atoms with Crippen molar-refractivity contribution in [3.63, 3.8) is 0 Å². The first-order valence-corrected chi connectivity index (χ1v) is 6.77. The van der Waals surface area contributed by atoms with Gasteiger partial charge in [-0.2, -0.15) is 18.2 Å². The molecule has 0 atom stereocenters. The number of H-pyrrole nitrogens is 1. The average Bonchev–Trinajstić information content (AvgIpc) is 2.93. The molecule has 3 aromatic rings. The molecule has 0 saturated heterocycles. The Balaban J connectivity index is 1.76. The molecule has 0 aliphatic carbocycles. The maximum atomic E-state index is 12.9. The Morgan fingerprint density at radius 1 is 1.04 bits per heavy atom. The van der Waals surface area contributed by atoms with E-state index >= 15 is 0 Å². The van der Waals surface area contributed by atoms with Gasteiger partial charge in [-0.3, -0.25) is 5.10 Å². The number of ether oxygens (including phenoxy) is 1. The molecule has 0 unspecified atom stereocenters. The molecule has 9 heteroatoms. The molecule has 0 radical (unpaired) electrons. The third kappa shape index (κ3) is 4.06. The lowest BCUT2D eigenvalue weighted by Gasteiger charge is -2.04.